The first-order chi connectivity index (χ1) is 17.2. The summed E-state index contributed by atoms with van der Waals surface area (Å²) in [5, 5.41) is 6.53. The molecule has 1 aliphatic rings. The van der Waals surface area contributed by atoms with E-state index in [4.69, 9.17) is 10.7 Å². The molecule has 0 unspecified atom stereocenters. The molecule has 0 bridgehead atoms. The quantitative estimate of drug-likeness (QED) is 0.462. The van der Waals surface area contributed by atoms with E-state index in [0.29, 0.717) is 44.4 Å². The van der Waals surface area contributed by atoms with Crippen LogP contribution in [-0.4, -0.2) is 63.9 Å². The molecule has 0 saturated carbocycles. The summed E-state index contributed by atoms with van der Waals surface area (Å²) in [4.78, 5) is 37.6. The number of hydrogen-bond donors (Lipinski definition) is 3. The number of piperazine rings is 1. The number of rotatable bonds is 7. The van der Waals surface area contributed by atoms with Crippen LogP contribution in [0.15, 0.2) is 42.5 Å². The van der Waals surface area contributed by atoms with E-state index in [2.05, 4.69) is 20.5 Å². The van der Waals surface area contributed by atoms with E-state index in [1.54, 1.807) is 4.90 Å². The Kier molecular flexibility index (Phi) is 7.58. The average Bonchev–Trinajstić information content (AvgIpc) is 2.81. The van der Waals surface area contributed by atoms with Crippen LogP contribution in [0.5, 0.6) is 0 Å². The van der Waals surface area contributed by atoms with E-state index in [-0.39, 0.29) is 11.6 Å². The number of benzene rings is 2. The zero-order valence-electron chi connectivity index (χ0n) is 20.2. The van der Waals surface area contributed by atoms with E-state index >= 15 is 0 Å². The van der Waals surface area contributed by atoms with Gasteiger partial charge in [0.2, 0.25) is 5.91 Å². The van der Waals surface area contributed by atoms with Crippen LogP contribution in [0.3, 0.4) is 0 Å². The number of para-hydroxylation sites is 1. The Morgan fingerprint density at radius 1 is 1.03 bits per heavy atom. The standard InChI is InChI=1S/C25H29F2N7O2/c1-15(2)22(23(28)35)32-24-19-5-3-4-6-20(19)30-21(31-24)14-33-7-9-34(10-8-33)25(36)29-18-12-16(26)11-17(27)13-18/h3-6,11-13,15,22H,7-10,14H2,1-2H3,(H2,28,35)(H,29,36)(H,30,31,32)/t22-/m0/s1. The van der Waals surface area contributed by atoms with Gasteiger partial charge in [-0.2, -0.15) is 0 Å². The molecule has 1 fully saturated rings. The molecule has 2 aromatic carbocycles. The Bertz CT molecular complexity index is 1240. The lowest BCUT2D eigenvalue weighted by Gasteiger charge is -2.34. The maximum absolute atomic E-state index is 13.4. The third kappa shape index (κ3) is 6.03. The van der Waals surface area contributed by atoms with E-state index in [1.807, 2.05) is 38.1 Å². The fourth-order valence-corrected chi connectivity index (χ4v) is 4.16. The first-order valence-electron chi connectivity index (χ1n) is 11.8. The van der Waals surface area contributed by atoms with Crippen LogP contribution in [0.4, 0.5) is 25.1 Å². The molecule has 1 aliphatic heterocycles. The van der Waals surface area contributed by atoms with Gasteiger partial charge in [-0.3, -0.25) is 9.69 Å². The van der Waals surface area contributed by atoms with Gasteiger partial charge in [-0.15, -0.1) is 0 Å². The number of urea groups is 1. The van der Waals surface area contributed by atoms with Crippen molar-refractivity contribution in [3.8, 4) is 0 Å². The number of anilines is 2. The highest BCUT2D eigenvalue weighted by atomic mass is 19.1. The fraction of sp³-hybridized carbons (Fsp3) is 0.360. The van der Waals surface area contributed by atoms with Gasteiger partial charge in [0.15, 0.2) is 0 Å². The number of nitrogens with one attached hydrogen (secondary N) is 2. The second-order valence-corrected chi connectivity index (χ2v) is 9.13. The van der Waals surface area contributed by atoms with Gasteiger partial charge in [0.25, 0.3) is 0 Å². The summed E-state index contributed by atoms with van der Waals surface area (Å²) in [5.41, 5.74) is 6.41. The summed E-state index contributed by atoms with van der Waals surface area (Å²) in [7, 11) is 0. The second kappa shape index (κ2) is 10.8. The van der Waals surface area contributed by atoms with E-state index in [9.17, 15) is 18.4 Å². The molecule has 1 aromatic heterocycles. The molecule has 0 aliphatic carbocycles. The number of fused-ring (bicyclic) bond motifs is 1. The third-order valence-corrected chi connectivity index (χ3v) is 6.05. The van der Waals surface area contributed by atoms with Crippen LogP contribution >= 0.6 is 0 Å². The average molecular weight is 498 g/mol. The highest BCUT2D eigenvalue weighted by Gasteiger charge is 2.24. The van der Waals surface area contributed by atoms with Crippen LogP contribution in [0.2, 0.25) is 0 Å². The number of aromatic nitrogens is 2. The minimum absolute atomic E-state index is 0.0252. The number of carbonyl (C=O) groups excluding carboxylic acids is 2. The van der Waals surface area contributed by atoms with Crippen molar-refractivity contribution in [2.24, 2.45) is 11.7 Å². The molecule has 3 aromatic rings. The maximum atomic E-state index is 13.4. The molecular formula is C25H29F2N7O2. The molecule has 4 rings (SSSR count). The predicted octanol–water partition coefficient (Wildman–Crippen LogP) is 3.18. The molecule has 1 saturated heterocycles. The Morgan fingerprint density at radius 2 is 1.69 bits per heavy atom. The summed E-state index contributed by atoms with van der Waals surface area (Å²) in [5.74, 6) is -0.859. The molecule has 1 atom stereocenters. The number of halogens is 2. The Balaban J connectivity index is 1.42. The van der Waals surface area contributed by atoms with E-state index in [0.717, 1.165) is 29.1 Å². The molecule has 4 N–H and O–H groups in total. The van der Waals surface area contributed by atoms with Gasteiger partial charge in [0.1, 0.15) is 29.3 Å². The van der Waals surface area contributed by atoms with Crippen molar-refractivity contribution < 1.29 is 18.4 Å². The van der Waals surface area contributed by atoms with Gasteiger partial charge in [-0.1, -0.05) is 26.0 Å². The number of hydrogen-bond acceptors (Lipinski definition) is 6. The van der Waals surface area contributed by atoms with Crippen molar-refractivity contribution in [2.75, 3.05) is 36.8 Å². The van der Waals surface area contributed by atoms with Gasteiger partial charge < -0.3 is 21.3 Å². The Morgan fingerprint density at radius 3 is 2.33 bits per heavy atom. The van der Waals surface area contributed by atoms with Crippen LogP contribution < -0.4 is 16.4 Å². The van der Waals surface area contributed by atoms with Crippen molar-refractivity contribution in [1.82, 2.24) is 19.8 Å². The number of amides is 3. The summed E-state index contributed by atoms with van der Waals surface area (Å²) in [6, 6.07) is 9.45. The monoisotopic (exact) mass is 497 g/mol. The summed E-state index contributed by atoms with van der Waals surface area (Å²) < 4.78 is 26.8. The lowest BCUT2D eigenvalue weighted by atomic mass is 10.0. The van der Waals surface area contributed by atoms with Crippen molar-refractivity contribution in [2.45, 2.75) is 26.4 Å². The Labute approximate surface area is 207 Å². The number of nitrogens with two attached hydrogens (primary N) is 1. The molecule has 0 spiro atoms. The number of primary amides is 1. The fourth-order valence-electron chi connectivity index (χ4n) is 4.16. The maximum Gasteiger partial charge on any atom is 0.321 e. The topological polar surface area (TPSA) is 116 Å². The van der Waals surface area contributed by atoms with E-state index < -0.39 is 29.6 Å². The van der Waals surface area contributed by atoms with Gasteiger partial charge in [0, 0.05) is 43.3 Å². The van der Waals surface area contributed by atoms with E-state index in [1.165, 1.54) is 0 Å². The highest BCUT2D eigenvalue weighted by molar-refractivity contribution is 5.92. The smallest absolute Gasteiger partial charge is 0.321 e. The zero-order valence-corrected chi connectivity index (χ0v) is 20.2. The summed E-state index contributed by atoms with van der Waals surface area (Å²) in [6.07, 6.45) is 0. The molecule has 190 valence electrons. The SMILES string of the molecule is CC(C)[C@H](Nc1nc(CN2CCN(C(=O)Nc3cc(F)cc(F)c3)CC2)nc2ccccc12)C(N)=O. The van der Waals surface area contributed by atoms with Crippen LogP contribution in [-0.2, 0) is 11.3 Å². The largest absolute Gasteiger partial charge is 0.368 e. The lowest BCUT2D eigenvalue weighted by Crippen LogP contribution is -2.49. The molecule has 2 heterocycles. The number of carbonyl (C=O) groups is 2. The van der Waals surface area contributed by atoms with Crippen LogP contribution in [0.1, 0.15) is 19.7 Å². The Hall–Kier alpha value is -3.86. The lowest BCUT2D eigenvalue weighted by molar-refractivity contribution is -0.119. The van der Waals surface area contributed by atoms with Crippen molar-refractivity contribution in [1.29, 1.82) is 0 Å². The summed E-state index contributed by atoms with van der Waals surface area (Å²) in [6.45, 7) is 6.27. The normalized spacial score (nSPS) is 15.2. The summed E-state index contributed by atoms with van der Waals surface area (Å²) >= 11 is 0. The van der Waals surface area contributed by atoms with Crippen molar-refractivity contribution in [3.63, 3.8) is 0 Å². The zero-order chi connectivity index (χ0) is 25.8. The van der Waals surface area contributed by atoms with Gasteiger partial charge in [-0.05, 0) is 30.2 Å². The minimum atomic E-state index is -0.755. The van der Waals surface area contributed by atoms with Crippen molar-refractivity contribution >= 4 is 34.3 Å². The van der Waals surface area contributed by atoms with Gasteiger partial charge >= 0.3 is 6.03 Å². The van der Waals surface area contributed by atoms with Gasteiger partial charge in [0.05, 0.1) is 12.1 Å². The number of nitrogens with zero attached hydrogens (tertiary/aromatic N) is 4. The molecule has 11 heteroatoms. The van der Waals surface area contributed by atoms with Gasteiger partial charge in [-0.25, -0.2) is 23.5 Å². The first-order valence-corrected chi connectivity index (χ1v) is 11.8. The highest BCUT2D eigenvalue weighted by Crippen LogP contribution is 2.23. The molecule has 36 heavy (non-hydrogen) atoms. The minimum Gasteiger partial charge on any atom is -0.368 e. The second-order valence-electron chi connectivity index (χ2n) is 9.13. The molecular weight excluding hydrogens is 468 g/mol. The molecule has 3 amide bonds. The molecule has 9 nitrogen and oxygen atoms in total. The first kappa shape index (κ1) is 25.2. The third-order valence-electron chi connectivity index (χ3n) is 6.05. The molecule has 0 radical (unpaired) electrons. The predicted molar refractivity (Wildman–Crippen MR) is 133 cm³/mol. The van der Waals surface area contributed by atoms with Crippen molar-refractivity contribution in [3.05, 3.63) is 59.9 Å². The van der Waals surface area contributed by atoms with Crippen LogP contribution in [0.25, 0.3) is 10.9 Å². The van der Waals surface area contributed by atoms with Crippen LogP contribution in [0, 0.1) is 17.6 Å².